The van der Waals surface area contributed by atoms with Crippen molar-refractivity contribution in [2.45, 2.75) is 6.18 Å². The van der Waals surface area contributed by atoms with Crippen LogP contribution in [0.2, 0.25) is 0 Å². The fraction of sp³-hybridized carbons (Fsp3) is 0.200. The molecule has 0 atom stereocenters. The molecule has 2 rings (SSSR count). The Kier molecular flexibility index (Phi) is 3.29. The first-order valence-electron chi connectivity index (χ1n) is 4.74. The zero-order valence-electron chi connectivity index (χ0n) is 9.07. The highest BCUT2D eigenvalue weighted by atomic mass is 79.9. The second-order valence-corrected chi connectivity index (χ2v) is 4.18. The van der Waals surface area contributed by atoms with E-state index in [1.807, 2.05) is 0 Å². The Hall–Kier alpha value is -1.57. The van der Waals surface area contributed by atoms with Gasteiger partial charge in [0.15, 0.2) is 0 Å². The smallest absolute Gasteiger partial charge is 0.453 e. The average molecular weight is 322 g/mol. The number of aromatic nitrogens is 3. The molecule has 0 bridgehead atoms. The molecule has 0 aliphatic rings. The quantitative estimate of drug-likeness (QED) is 0.853. The molecular weight excluding hydrogens is 315 g/mol. The van der Waals surface area contributed by atoms with Crippen LogP contribution in [0.1, 0.15) is 5.82 Å². The average Bonchev–Trinajstić information content (AvgIpc) is 2.77. The van der Waals surface area contributed by atoms with Crippen molar-refractivity contribution in [3.05, 3.63) is 34.8 Å². The third-order valence-electron chi connectivity index (χ3n) is 2.15. The van der Waals surface area contributed by atoms with E-state index in [-0.39, 0.29) is 0 Å². The van der Waals surface area contributed by atoms with Gasteiger partial charge in [-0.25, -0.2) is 9.67 Å². The van der Waals surface area contributed by atoms with Gasteiger partial charge in [0.05, 0.1) is 17.3 Å². The van der Waals surface area contributed by atoms with E-state index in [0.29, 0.717) is 15.9 Å². The Morgan fingerprint density at radius 3 is 2.56 bits per heavy atom. The van der Waals surface area contributed by atoms with E-state index in [2.05, 4.69) is 26.0 Å². The van der Waals surface area contributed by atoms with Crippen LogP contribution in [0.3, 0.4) is 0 Å². The van der Waals surface area contributed by atoms with Crippen molar-refractivity contribution in [1.82, 2.24) is 14.8 Å². The van der Waals surface area contributed by atoms with Crippen LogP contribution in [0.15, 0.2) is 29.0 Å². The Balaban J connectivity index is 2.38. The molecule has 0 saturated heterocycles. The normalized spacial score (nSPS) is 11.6. The lowest BCUT2D eigenvalue weighted by molar-refractivity contribution is -0.144. The van der Waals surface area contributed by atoms with Gasteiger partial charge in [-0.2, -0.15) is 13.2 Å². The van der Waals surface area contributed by atoms with Crippen molar-refractivity contribution >= 4 is 15.9 Å². The lowest BCUT2D eigenvalue weighted by Crippen LogP contribution is -2.08. The molecule has 0 unspecified atom stereocenters. The molecule has 0 aliphatic heterocycles. The van der Waals surface area contributed by atoms with E-state index in [0.717, 1.165) is 11.0 Å². The summed E-state index contributed by atoms with van der Waals surface area (Å²) in [5.74, 6) is -0.593. The summed E-state index contributed by atoms with van der Waals surface area (Å²) < 4.78 is 43.7. The highest BCUT2D eigenvalue weighted by Crippen LogP contribution is 2.28. The number of methoxy groups -OCH3 is 1. The third-order valence-corrected chi connectivity index (χ3v) is 2.77. The minimum absolute atomic E-state index is 0.450. The number of benzene rings is 1. The minimum atomic E-state index is -4.55. The molecule has 0 spiro atoms. The Morgan fingerprint density at radius 2 is 2.06 bits per heavy atom. The SMILES string of the molecule is COc1ccc(-n2cnc(C(F)(F)F)n2)cc1Br. The standard InChI is InChI=1S/C10H7BrF3N3O/c1-18-8-3-2-6(4-7(8)11)17-5-15-9(16-17)10(12,13)14/h2-5H,1H3. The van der Waals surface area contributed by atoms with E-state index in [1.54, 1.807) is 18.2 Å². The van der Waals surface area contributed by atoms with Crippen molar-refractivity contribution in [3.8, 4) is 11.4 Å². The first-order valence-corrected chi connectivity index (χ1v) is 5.54. The highest BCUT2D eigenvalue weighted by Gasteiger charge is 2.35. The third kappa shape index (κ3) is 2.47. The molecule has 1 aromatic heterocycles. The van der Waals surface area contributed by atoms with Gasteiger partial charge in [0, 0.05) is 0 Å². The first kappa shape index (κ1) is 12.9. The summed E-state index contributed by atoms with van der Waals surface area (Å²) in [7, 11) is 1.50. The summed E-state index contributed by atoms with van der Waals surface area (Å²) in [5.41, 5.74) is 0.450. The molecule has 1 aromatic carbocycles. The van der Waals surface area contributed by atoms with Crippen LogP contribution in [0, 0.1) is 0 Å². The van der Waals surface area contributed by atoms with E-state index in [1.165, 1.54) is 7.11 Å². The Bertz CT molecular complexity index is 568. The van der Waals surface area contributed by atoms with Crippen LogP contribution in [0.25, 0.3) is 5.69 Å². The predicted octanol–water partition coefficient (Wildman–Crippen LogP) is 3.06. The molecule has 2 aromatic rings. The molecule has 1 heterocycles. The first-order chi connectivity index (χ1) is 8.41. The molecule has 0 saturated carbocycles. The fourth-order valence-electron chi connectivity index (χ4n) is 1.32. The van der Waals surface area contributed by atoms with Gasteiger partial charge in [-0.15, -0.1) is 5.10 Å². The Labute approximate surface area is 109 Å². The fourth-order valence-corrected chi connectivity index (χ4v) is 1.84. The monoisotopic (exact) mass is 321 g/mol. The van der Waals surface area contributed by atoms with Crippen LogP contribution in [-0.2, 0) is 6.18 Å². The number of halogens is 4. The Morgan fingerprint density at radius 1 is 1.33 bits per heavy atom. The molecule has 0 amide bonds. The maximum atomic E-state index is 12.3. The number of hydrogen-bond donors (Lipinski definition) is 0. The number of nitrogens with zero attached hydrogens (tertiary/aromatic N) is 3. The minimum Gasteiger partial charge on any atom is -0.496 e. The van der Waals surface area contributed by atoms with E-state index in [9.17, 15) is 13.2 Å². The van der Waals surface area contributed by atoms with Gasteiger partial charge < -0.3 is 4.74 Å². The molecule has 0 aliphatic carbocycles. The lowest BCUT2D eigenvalue weighted by atomic mass is 10.3. The molecule has 8 heteroatoms. The van der Waals surface area contributed by atoms with Gasteiger partial charge in [-0.05, 0) is 34.1 Å². The van der Waals surface area contributed by atoms with E-state index in [4.69, 9.17) is 4.74 Å². The van der Waals surface area contributed by atoms with Crippen molar-refractivity contribution in [3.63, 3.8) is 0 Å². The molecular formula is C10H7BrF3N3O. The van der Waals surface area contributed by atoms with Crippen molar-refractivity contribution < 1.29 is 17.9 Å². The van der Waals surface area contributed by atoms with Crippen LogP contribution < -0.4 is 4.74 Å². The van der Waals surface area contributed by atoms with Crippen LogP contribution in [0.4, 0.5) is 13.2 Å². The van der Waals surface area contributed by atoms with Gasteiger partial charge in [0.1, 0.15) is 12.1 Å². The second kappa shape index (κ2) is 4.60. The van der Waals surface area contributed by atoms with Crippen LogP contribution in [-0.4, -0.2) is 21.9 Å². The summed E-state index contributed by atoms with van der Waals surface area (Å²) in [5, 5.41) is 3.37. The van der Waals surface area contributed by atoms with Crippen molar-refractivity contribution in [2.75, 3.05) is 7.11 Å². The zero-order valence-corrected chi connectivity index (χ0v) is 10.7. The maximum absolute atomic E-state index is 12.3. The number of rotatable bonds is 2. The highest BCUT2D eigenvalue weighted by molar-refractivity contribution is 9.10. The van der Waals surface area contributed by atoms with E-state index < -0.39 is 12.0 Å². The van der Waals surface area contributed by atoms with Crippen molar-refractivity contribution in [2.24, 2.45) is 0 Å². The molecule has 96 valence electrons. The summed E-state index contributed by atoms with van der Waals surface area (Å²) in [4.78, 5) is 3.22. The molecule has 0 fully saturated rings. The lowest BCUT2D eigenvalue weighted by Gasteiger charge is -2.05. The summed E-state index contributed by atoms with van der Waals surface area (Å²) in [6, 6.07) is 4.79. The van der Waals surface area contributed by atoms with Gasteiger partial charge >= 0.3 is 6.18 Å². The summed E-state index contributed by atoms with van der Waals surface area (Å²) in [6.07, 6.45) is -3.54. The molecule has 0 N–H and O–H groups in total. The van der Waals surface area contributed by atoms with Crippen LogP contribution in [0.5, 0.6) is 5.75 Å². The van der Waals surface area contributed by atoms with Gasteiger partial charge in [-0.1, -0.05) is 0 Å². The molecule has 4 nitrogen and oxygen atoms in total. The summed E-state index contributed by atoms with van der Waals surface area (Å²) >= 11 is 3.24. The molecule has 18 heavy (non-hydrogen) atoms. The van der Waals surface area contributed by atoms with Gasteiger partial charge in [0.25, 0.3) is 5.82 Å². The van der Waals surface area contributed by atoms with Crippen molar-refractivity contribution in [1.29, 1.82) is 0 Å². The number of alkyl halides is 3. The van der Waals surface area contributed by atoms with E-state index >= 15 is 0 Å². The molecule has 0 radical (unpaired) electrons. The number of hydrogen-bond acceptors (Lipinski definition) is 3. The van der Waals surface area contributed by atoms with Gasteiger partial charge in [0.2, 0.25) is 0 Å². The van der Waals surface area contributed by atoms with Gasteiger partial charge in [-0.3, -0.25) is 0 Å². The maximum Gasteiger partial charge on any atom is 0.453 e. The number of ether oxygens (including phenoxy) is 1. The topological polar surface area (TPSA) is 39.9 Å². The summed E-state index contributed by atoms with van der Waals surface area (Å²) in [6.45, 7) is 0. The zero-order chi connectivity index (χ0) is 13.3. The van der Waals surface area contributed by atoms with Crippen LogP contribution >= 0.6 is 15.9 Å². The predicted molar refractivity (Wildman–Crippen MR) is 60.6 cm³/mol. The largest absolute Gasteiger partial charge is 0.496 e. The second-order valence-electron chi connectivity index (χ2n) is 3.33.